The molecule has 1 N–H and O–H groups in total. The predicted octanol–water partition coefficient (Wildman–Crippen LogP) is 4.88. The molecule has 0 saturated carbocycles. The fourth-order valence-corrected chi connectivity index (χ4v) is 5.66. The number of likely N-dealkylation sites (N-methyl/N-ethyl adjacent to an activating group) is 1. The molecule has 2 unspecified atom stereocenters. The zero-order valence-corrected chi connectivity index (χ0v) is 23.9. The number of ether oxygens (including phenoxy) is 1. The molecule has 3 heterocycles. The number of amides is 3. The maximum Gasteiger partial charge on any atom is 0.387 e. The van der Waals surface area contributed by atoms with Crippen molar-refractivity contribution in [2.45, 2.75) is 51.6 Å². The predicted molar refractivity (Wildman–Crippen MR) is 147 cm³/mol. The summed E-state index contributed by atoms with van der Waals surface area (Å²) in [5.74, 6) is -0.953. The van der Waals surface area contributed by atoms with Crippen LogP contribution in [0.5, 0.6) is 5.75 Å². The van der Waals surface area contributed by atoms with E-state index in [0.717, 1.165) is 0 Å². The number of rotatable bonds is 6. The Morgan fingerprint density at radius 1 is 1.12 bits per heavy atom. The highest BCUT2D eigenvalue weighted by Crippen LogP contribution is 2.36. The van der Waals surface area contributed by atoms with Crippen molar-refractivity contribution in [2.24, 2.45) is 0 Å². The molecule has 0 aliphatic carbocycles. The van der Waals surface area contributed by atoms with Crippen molar-refractivity contribution in [3.8, 4) is 5.75 Å². The van der Waals surface area contributed by atoms with Crippen LogP contribution in [0.4, 0.5) is 8.78 Å². The molecule has 13 heteroatoms. The van der Waals surface area contributed by atoms with Crippen LogP contribution in [0.2, 0.25) is 10.0 Å². The molecule has 0 saturated heterocycles. The molecule has 3 atom stereocenters. The number of fused-ring (bicyclic) bond motifs is 3. The number of aromatic nitrogens is 2. The number of hydrogen-bond acceptors (Lipinski definition) is 5. The first-order chi connectivity index (χ1) is 19.5. The van der Waals surface area contributed by atoms with Crippen LogP contribution in [0.1, 0.15) is 63.6 Å². The van der Waals surface area contributed by atoms with E-state index in [9.17, 15) is 23.2 Å². The van der Waals surface area contributed by atoms with Crippen LogP contribution in [-0.2, 0) is 17.8 Å². The van der Waals surface area contributed by atoms with Gasteiger partial charge in [-0.2, -0.15) is 13.9 Å². The summed E-state index contributed by atoms with van der Waals surface area (Å²) in [5, 5.41) is 7.92. The Hall–Kier alpha value is -3.70. The Morgan fingerprint density at radius 3 is 2.46 bits per heavy atom. The molecule has 3 aromatic rings. The van der Waals surface area contributed by atoms with Crippen LogP contribution in [0, 0.1) is 0 Å². The second-order valence-electron chi connectivity index (χ2n) is 10.0. The fraction of sp³-hybridized carbons (Fsp3) is 0.357. The summed E-state index contributed by atoms with van der Waals surface area (Å²) < 4.78 is 31.1. The average molecular weight is 606 g/mol. The third kappa shape index (κ3) is 5.36. The van der Waals surface area contributed by atoms with Crippen molar-refractivity contribution < 1.29 is 27.9 Å². The van der Waals surface area contributed by atoms with Gasteiger partial charge >= 0.3 is 6.61 Å². The lowest BCUT2D eigenvalue weighted by Crippen LogP contribution is -2.49. The summed E-state index contributed by atoms with van der Waals surface area (Å²) >= 11 is 12.2. The number of benzene rings is 2. The maximum atomic E-state index is 14.0. The molecule has 0 radical (unpaired) electrons. The van der Waals surface area contributed by atoms with Gasteiger partial charge in [0.05, 0.1) is 34.9 Å². The maximum absolute atomic E-state index is 14.0. The first-order valence-electron chi connectivity index (χ1n) is 12.9. The number of alkyl halides is 2. The number of nitrogens with zero attached hydrogens (tertiary/aromatic N) is 4. The van der Waals surface area contributed by atoms with Gasteiger partial charge in [0.25, 0.3) is 11.8 Å². The van der Waals surface area contributed by atoms with E-state index in [1.165, 1.54) is 29.9 Å². The van der Waals surface area contributed by atoms with Gasteiger partial charge in [-0.3, -0.25) is 14.4 Å². The van der Waals surface area contributed by atoms with Crippen LogP contribution in [0.15, 0.2) is 42.5 Å². The second-order valence-corrected chi connectivity index (χ2v) is 10.9. The van der Waals surface area contributed by atoms with E-state index in [1.807, 2.05) is 6.92 Å². The van der Waals surface area contributed by atoms with Gasteiger partial charge in [0.2, 0.25) is 5.91 Å². The zero-order chi connectivity index (χ0) is 29.6. The van der Waals surface area contributed by atoms with Crippen molar-refractivity contribution in [3.05, 3.63) is 80.6 Å². The minimum absolute atomic E-state index is 0.00263. The highest BCUT2D eigenvalue weighted by Gasteiger charge is 2.43. The van der Waals surface area contributed by atoms with Gasteiger partial charge in [-0.25, -0.2) is 4.68 Å². The van der Waals surface area contributed by atoms with Crippen LogP contribution in [0.25, 0.3) is 0 Å². The summed E-state index contributed by atoms with van der Waals surface area (Å²) in [6, 6.07) is 9.13. The van der Waals surface area contributed by atoms with E-state index in [1.54, 1.807) is 41.0 Å². The number of hydrogen-bond donors (Lipinski definition) is 1. The summed E-state index contributed by atoms with van der Waals surface area (Å²) in [6.45, 7) is 0.892. The van der Waals surface area contributed by atoms with E-state index in [2.05, 4.69) is 15.2 Å². The minimum Gasteiger partial charge on any atom is -0.435 e. The van der Waals surface area contributed by atoms with Crippen molar-refractivity contribution in [2.75, 3.05) is 13.6 Å². The molecule has 0 bridgehead atoms. The molecule has 0 spiro atoms. The Morgan fingerprint density at radius 2 is 1.83 bits per heavy atom. The van der Waals surface area contributed by atoms with Gasteiger partial charge in [0.15, 0.2) is 0 Å². The largest absolute Gasteiger partial charge is 0.435 e. The molecule has 216 valence electrons. The first kappa shape index (κ1) is 28.8. The lowest BCUT2D eigenvalue weighted by molar-refractivity contribution is -0.125. The fourth-order valence-electron chi connectivity index (χ4n) is 5.37. The molecule has 41 heavy (non-hydrogen) atoms. The minimum atomic E-state index is -2.95. The van der Waals surface area contributed by atoms with Crippen molar-refractivity contribution in [3.63, 3.8) is 0 Å². The number of carbonyl (C=O) groups excluding carboxylic acids is 3. The molecule has 5 rings (SSSR count). The normalized spacial score (nSPS) is 19.1. The van der Waals surface area contributed by atoms with E-state index in [-0.39, 0.29) is 53.3 Å². The smallest absolute Gasteiger partial charge is 0.387 e. The molecule has 3 amide bonds. The van der Waals surface area contributed by atoms with Crippen LogP contribution >= 0.6 is 23.2 Å². The van der Waals surface area contributed by atoms with E-state index >= 15 is 0 Å². The Balaban J connectivity index is 1.50. The highest BCUT2D eigenvalue weighted by molar-refractivity contribution is 6.42. The summed E-state index contributed by atoms with van der Waals surface area (Å²) in [7, 11) is 1.51. The van der Waals surface area contributed by atoms with Crippen molar-refractivity contribution in [1.82, 2.24) is 24.9 Å². The Labute approximate surface area is 244 Å². The summed E-state index contributed by atoms with van der Waals surface area (Å²) in [4.78, 5) is 43.7. The van der Waals surface area contributed by atoms with Gasteiger partial charge in [-0.05, 0) is 49.7 Å². The molecular weight excluding hydrogens is 579 g/mol. The molecule has 2 aliphatic rings. The van der Waals surface area contributed by atoms with Crippen molar-refractivity contribution in [1.29, 1.82) is 0 Å². The first-order valence-corrected chi connectivity index (χ1v) is 13.7. The summed E-state index contributed by atoms with van der Waals surface area (Å²) in [5.41, 5.74) is 2.49. The molecular formula is C28H27Cl2F2N5O4. The standard InChI is InChI=1S/C28H27Cl2F2N5O4/c1-14-10-22-19(12-35(14)26(39)17-6-9-20(29)21(30)11-17)24-27(40)36(13-23(25(38)33-3)37(24)34-22)15(2)16-4-7-18(8-5-16)41-28(31)32/h4-9,11,14-15,23,28H,10,12-13H2,1-3H3,(H,33,38)/t14-,15?,23?/m1/s1. The SMILES string of the molecule is CNC(=O)C1CN(C(C)c2ccc(OC(F)F)cc2)C(=O)c2c3c(nn21)C[C@@H](C)N(C(=O)c1ccc(Cl)c(Cl)c1)C3. The molecule has 2 aliphatic heterocycles. The monoisotopic (exact) mass is 605 g/mol. The summed E-state index contributed by atoms with van der Waals surface area (Å²) in [6.07, 6.45) is 0.386. The molecule has 2 aromatic carbocycles. The second kappa shape index (κ2) is 11.3. The lowest BCUT2D eigenvalue weighted by Gasteiger charge is -2.38. The van der Waals surface area contributed by atoms with Crippen LogP contribution in [0.3, 0.4) is 0 Å². The van der Waals surface area contributed by atoms with Crippen molar-refractivity contribution >= 4 is 40.9 Å². The highest BCUT2D eigenvalue weighted by atomic mass is 35.5. The Bertz CT molecular complexity index is 1510. The number of carbonyl (C=O) groups is 3. The van der Waals surface area contributed by atoms with Gasteiger partial charge in [0, 0.05) is 30.6 Å². The molecule has 9 nitrogen and oxygen atoms in total. The number of halogens is 4. The van der Waals surface area contributed by atoms with E-state index < -0.39 is 18.7 Å². The van der Waals surface area contributed by atoms with Gasteiger partial charge in [-0.15, -0.1) is 0 Å². The topological polar surface area (TPSA) is 96.8 Å². The lowest BCUT2D eigenvalue weighted by atomic mass is 9.96. The quantitative estimate of drug-likeness (QED) is 0.432. The van der Waals surface area contributed by atoms with Crippen LogP contribution in [-0.4, -0.2) is 63.5 Å². The third-order valence-corrected chi connectivity index (χ3v) is 8.34. The van der Waals surface area contributed by atoms with E-state index in [0.29, 0.717) is 33.8 Å². The average Bonchev–Trinajstić information content (AvgIpc) is 3.31. The third-order valence-electron chi connectivity index (χ3n) is 7.60. The van der Waals surface area contributed by atoms with Gasteiger partial charge < -0.3 is 19.9 Å². The Kier molecular flexibility index (Phi) is 7.93. The molecule has 0 fully saturated rings. The van der Waals surface area contributed by atoms with Gasteiger partial charge in [-0.1, -0.05) is 35.3 Å². The van der Waals surface area contributed by atoms with Crippen LogP contribution < -0.4 is 10.1 Å². The zero-order valence-electron chi connectivity index (χ0n) is 22.4. The number of nitrogens with one attached hydrogen (secondary N) is 1. The molecule has 1 aromatic heterocycles. The van der Waals surface area contributed by atoms with Gasteiger partial charge in [0.1, 0.15) is 17.5 Å². The van der Waals surface area contributed by atoms with E-state index in [4.69, 9.17) is 23.2 Å².